The Hall–Kier alpha value is -2.49. The van der Waals surface area contributed by atoms with Crippen molar-refractivity contribution in [2.75, 3.05) is 11.1 Å². The van der Waals surface area contributed by atoms with Crippen molar-refractivity contribution in [1.29, 1.82) is 0 Å². The number of carbonyl (C=O) groups is 1. The van der Waals surface area contributed by atoms with E-state index in [0.717, 1.165) is 16.8 Å². The first kappa shape index (κ1) is 13.0. The van der Waals surface area contributed by atoms with Gasteiger partial charge in [0.15, 0.2) is 0 Å². The molecule has 2 aromatic carbocycles. The van der Waals surface area contributed by atoms with Crippen LogP contribution in [-0.2, 0) is 0 Å². The summed E-state index contributed by atoms with van der Waals surface area (Å²) in [5.74, 6) is -1.03. The molecule has 2 aromatic rings. The Morgan fingerprint density at radius 3 is 2.42 bits per heavy atom. The van der Waals surface area contributed by atoms with Crippen molar-refractivity contribution >= 4 is 23.0 Å². The fourth-order valence-electron chi connectivity index (χ4n) is 1.89. The van der Waals surface area contributed by atoms with E-state index in [1.807, 2.05) is 32.0 Å². The average Bonchev–Trinajstić information content (AvgIpc) is 2.37. The third-order valence-electron chi connectivity index (χ3n) is 3.21. The Morgan fingerprint density at radius 2 is 1.74 bits per heavy atom. The van der Waals surface area contributed by atoms with E-state index in [1.165, 1.54) is 6.07 Å². The number of aryl methyl sites for hydroxylation is 1. The minimum Gasteiger partial charge on any atom is -0.478 e. The third kappa shape index (κ3) is 2.52. The summed E-state index contributed by atoms with van der Waals surface area (Å²) in [4.78, 5) is 11.0. The van der Waals surface area contributed by atoms with Crippen LogP contribution in [0, 0.1) is 13.8 Å². The van der Waals surface area contributed by atoms with E-state index in [0.29, 0.717) is 5.69 Å². The molecular formula is C15H16N2O2. The van der Waals surface area contributed by atoms with Gasteiger partial charge in [-0.25, -0.2) is 4.79 Å². The van der Waals surface area contributed by atoms with Gasteiger partial charge in [0.05, 0.1) is 16.9 Å². The number of carboxylic acids is 1. The van der Waals surface area contributed by atoms with Crippen molar-refractivity contribution < 1.29 is 9.90 Å². The maximum absolute atomic E-state index is 11.0. The SMILES string of the molecule is Cc1cccc(Nc2cccc(C(=O)O)c2N)c1C. The topological polar surface area (TPSA) is 75.3 Å². The smallest absolute Gasteiger partial charge is 0.337 e. The van der Waals surface area contributed by atoms with Gasteiger partial charge in [-0.15, -0.1) is 0 Å². The maximum atomic E-state index is 11.0. The minimum atomic E-state index is -1.03. The Balaban J connectivity index is 2.42. The summed E-state index contributed by atoms with van der Waals surface area (Å²) in [5, 5.41) is 12.2. The first-order valence-electron chi connectivity index (χ1n) is 5.95. The Kier molecular flexibility index (Phi) is 3.42. The molecule has 0 unspecified atom stereocenters. The van der Waals surface area contributed by atoms with E-state index in [2.05, 4.69) is 5.32 Å². The predicted octanol–water partition coefficient (Wildman–Crippen LogP) is 3.33. The normalized spacial score (nSPS) is 10.2. The number of nitrogens with one attached hydrogen (secondary N) is 1. The van der Waals surface area contributed by atoms with Crippen molar-refractivity contribution in [2.24, 2.45) is 0 Å². The van der Waals surface area contributed by atoms with Crippen LogP contribution in [0.25, 0.3) is 0 Å². The summed E-state index contributed by atoms with van der Waals surface area (Å²) in [6, 6.07) is 10.8. The molecule has 0 fully saturated rings. The van der Waals surface area contributed by atoms with Crippen molar-refractivity contribution in [3.63, 3.8) is 0 Å². The largest absolute Gasteiger partial charge is 0.478 e. The molecule has 4 heteroatoms. The van der Waals surface area contributed by atoms with Gasteiger partial charge < -0.3 is 16.2 Å². The van der Waals surface area contributed by atoms with Crippen LogP contribution in [0.2, 0.25) is 0 Å². The first-order valence-corrected chi connectivity index (χ1v) is 5.95. The molecule has 19 heavy (non-hydrogen) atoms. The molecule has 0 bridgehead atoms. The molecule has 0 radical (unpaired) electrons. The molecule has 0 spiro atoms. The van der Waals surface area contributed by atoms with Crippen LogP contribution in [0.4, 0.5) is 17.1 Å². The number of carboxylic acid groups (broad SMARTS) is 1. The van der Waals surface area contributed by atoms with Crippen molar-refractivity contribution in [2.45, 2.75) is 13.8 Å². The molecule has 0 atom stereocenters. The van der Waals surface area contributed by atoms with Gasteiger partial charge in [-0.2, -0.15) is 0 Å². The zero-order valence-electron chi connectivity index (χ0n) is 10.9. The number of rotatable bonds is 3. The lowest BCUT2D eigenvalue weighted by atomic mass is 10.1. The summed E-state index contributed by atoms with van der Waals surface area (Å²) < 4.78 is 0. The minimum absolute atomic E-state index is 0.107. The van der Waals surface area contributed by atoms with Crippen LogP contribution in [-0.4, -0.2) is 11.1 Å². The molecule has 0 heterocycles. The Labute approximate surface area is 111 Å². The van der Waals surface area contributed by atoms with Gasteiger partial charge in [-0.3, -0.25) is 0 Å². The summed E-state index contributed by atoms with van der Waals surface area (Å²) in [6.45, 7) is 4.03. The summed E-state index contributed by atoms with van der Waals surface area (Å²) in [7, 11) is 0. The van der Waals surface area contributed by atoms with E-state index in [-0.39, 0.29) is 11.3 Å². The van der Waals surface area contributed by atoms with Gasteiger partial charge in [0, 0.05) is 5.69 Å². The highest BCUT2D eigenvalue weighted by atomic mass is 16.4. The number of benzene rings is 2. The second-order valence-electron chi connectivity index (χ2n) is 4.44. The summed E-state index contributed by atoms with van der Waals surface area (Å²) >= 11 is 0. The molecule has 98 valence electrons. The monoisotopic (exact) mass is 256 g/mol. The Morgan fingerprint density at radius 1 is 1.11 bits per heavy atom. The lowest BCUT2D eigenvalue weighted by Crippen LogP contribution is -2.05. The molecule has 4 N–H and O–H groups in total. The number of nitrogen functional groups attached to an aromatic ring is 1. The van der Waals surface area contributed by atoms with Gasteiger partial charge >= 0.3 is 5.97 Å². The van der Waals surface area contributed by atoms with Gasteiger partial charge in [-0.05, 0) is 43.2 Å². The highest BCUT2D eigenvalue weighted by Gasteiger charge is 2.11. The number of hydrogen-bond donors (Lipinski definition) is 3. The highest BCUT2D eigenvalue weighted by molar-refractivity contribution is 5.97. The molecule has 0 amide bonds. The lowest BCUT2D eigenvalue weighted by molar-refractivity contribution is 0.0698. The van der Waals surface area contributed by atoms with E-state index in [4.69, 9.17) is 10.8 Å². The molecule has 4 nitrogen and oxygen atoms in total. The molecule has 0 saturated heterocycles. The van der Waals surface area contributed by atoms with Crippen LogP contribution in [0.1, 0.15) is 21.5 Å². The molecule has 0 aliphatic carbocycles. The van der Waals surface area contributed by atoms with Crippen LogP contribution in [0.3, 0.4) is 0 Å². The van der Waals surface area contributed by atoms with Crippen LogP contribution in [0.15, 0.2) is 36.4 Å². The van der Waals surface area contributed by atoms with Gasteiger partial charge in [0.2, 0.25) is 0 Å². The quantitative estimate of drug-likeness (QED) is 0.736. The molecule has 0 aliphatic heterocycles. The Bertz CT molecular complexity index is 636. The zero-order chi connectivity index (χ0) is 14.0. The molecule has 0 saturated carbocycles. The van der Waals surface area contributed by atoms with Crippen LogP contribution < -0.4 is 11.1 Å². The standard InChI is InChI=1S/C15H16N2O2/c1-9-5-3-7-12(10(9)2)17-13-8-4-6-11(14(13)16)15(18)19/h3-8,17H,16H2,1-2H3,(H,18,19). The number of aromatic carboxylic acids is 1. The first-order chi connectivity index (χ1) is 9.00. The number of hydrogen-bond acceptors (Lipinski definition) is 3. The number of para-hydroxylation sites is 1. The summed E-state index contributed by atoms with van der Waals surface area (Å²) in [6.07, 6.45) is 0. The zero-order valence-corrected chi connectivity index (χ0v) is 10.9. The second kappa shape index (κ2) is 5.02. The molecule has 2 rings (SSSR count). The summed E-state index contributed by atoms with van der Waals surface area (Å²) in [5.41, 5.74) is 10.0. The number of nitrogens with two attached hydrogens (primary N) is 1. The number of anilines is 3. The van der Waals surface area contributed by atoms with Crippen molar-refractivity contribution in [3.8, 4) is 0 Å². The van der Waals surface area contributed by atoms with E-state index in [1.54, 1.807) is 12.1 Å². The van der Waals surface area contributed by atoms with Crippen LogP contribution >= 0.6 is 0 Å². The van der Waals surface area contributed by atoms with Gasteiger partial charge in [0.25, 0.3) is 0 Å². The molecule has 0 aliphatic rings. The van der Waals surface area contributed by atoms with Gasteiger partial charge in [-0.1, -0.05) is 18.2 Å². The van der Waals surface area contributed by atoms with Gasteiger partial charge in [0.1, 0.15) is 0 Å². The predicted molar refractivity (Wildman–Crippen MR) is 77.0 cm³/mol. The molecular weight excluding hydrogens is 240 g/mol. The van der Waals surface area contributed by atoms with E-state index < -0.39 is 5.97 Å². The second-order valence-corrected chi connectivity index (χ2v) is 4.44. The fourth-order valence-corrected chi connectivity index (χ4v) is 1.89. The maximum Gasteiger partial charge on any atom is 0.337 e. The lowest BCUT2D eigenvalue weighted by Gasteiger charge is -2.14. The highest BCUT2D eigenvalue weighted by Crippen LogP contribution is 2.28. The average molecular weight is 256 g/mol. The third-order valence-corrected chi connectivity index (χ3v) is 3.21. The fraction of sp³-hybridized carbons (Fsp3) is 0.133. The van der Waals surface area contributed by atoms with E-state index in [9.17, 15) is 4.79 Å². The molecule has 0 aromatic heterocycles. The van der Waals surface area contributed by atoms with Crippen molar-refractivity contribution in [3.05, 3.63) is 53.1 Å². The van der Waals surface area contributed by atoms with Crippen molar-refractivity contribution in [1.82, 2.24) is 0 Å². The van der Waals surface area contributed by atoms with E-state index >= 15 is 0 Å². The van der Waals surface area contributed by atoms with Crippen LogP contribution in [0.5, 0.6) is 0 Å².